The molecule has 0 aliphatic heterocycles. The maximum atomic E-state index is 12.9. The summed E-state index contributed by atoms with van der Waals surface area (Å²) in [6.45, 7) is 1.89. The summed E-state index contributed by atoms with van der Waals surface area (Å²) in [6, 6.07) is 8.95. The van der Waals surface area contributed by atoms with Crippen molar-refractivity contribution in [2.75, 3.05) is 0 Å². The number of rotatable bonds is 4. The molecule has 1 N–H and O–H groups in total. The van der Waals surface area contributed by atoms with Crippen molar-refractivity contribution in [3.63, 3.8) is 0 Å². The smallest absolute Gasteiger partial charge is 0.344 e. The molecule has 23 heavy (non-hydrogen) atoms. The Hall–Kier alpha value is -1.83. The molecule has 1 heterocycles. The zero-order chi connectivity index (χ0) is 17.2. The number of benzene rings is 1. The third-order valence-corrected chi connectivity index (χ3v) is 4.14. The van der Waals surface area contributed by atoms with Crippen LogP contribution in [0.3, 0.4) is 0 Å². The summed E-state index contributed by atoms with van der Waals surface area (Å²) in [5.74, 6) is -0.613. The number of carbonyl (C=O) groups excluding carboxylic acids is 1. The van der Waals surface area contributed by atoms with Gasteiger partial charge in [0.15, 0.2) is 5.69 Å². The predicted octanol–water partition coefficient (Wildman–Crippen LogP) is 4.08. The van der Waals surface area contributed by atoms with Gasteiger partial charge >= 0.3 is 6.18 Å². The topological polar surface area (TPSA) is 46.9 Å². The molecule has 2 rings (SSSR count). The van der Waals surface area contributed by atoms with Gasteiger partial charge < -0.3 is 5.32 Å². The van der Waals surface area contributed by atoms with Crippen LogP contribution < -0.4 is 5.32 Å². The van der Waals surface area contributed by atoms with E-state index in [1.165, 1.54) is 7.05 Å². The van der Waals surface area contributed by atoms with Crippen LogP contribution in [-0.4, -0.2) is 15.7 Å². The standard InChI is InChI=1S/C15H15BrF3N3O/c1-3-10(9-7-5-4-6-8-9)20-14(23)12-11(16)13(15(17,18)19)21-22(12)2/h4-8,10H,3H2,1-2H3,(H,20,23). The van der Waals surface area contributed by atoms with Gasteiger partial charge in [-0.1, -0.05) is 37.3 Å². The number of aromatic nitrogens is 2. The fourth-order valence-corrected chi connectivity index (χ4v) is 3.00. The van der Waals surface area contributed by atoms with Crippen molar-refractivity contribution in [3.8, 4) is 0 Å². The van der Waals surface area contributed by atoms with Gasteiger partial charge in [-0.25, -0.2) is 0 Å². The molecule has 1 aromatic carbocycles. The molecule has 1 amide bonds. The molecule has 0 fully saturated rings. The highest BCUT2D eigenvalue weighted by Gasteiger charge is 2.39. The van der Waals surface area contributed by atoms with Crippen molar-refractivity contribution in [3.05, 3.63) is 51.8 Å². The maximum Gasteiger partial charge on any atom is 0.436 e. The van der Waals surface area contributed by atoms with Crippen LogP contribution in [0.15, 0.2) is 34.8 Å². The Morgan fingerprint density at radius 2 is 1.96 bits per heavy atom. The molecule has 0 saturated heterocycles. The lowest BCUT2D eigenvalue weighted by Crippen LogP contribution is -2.30. The molecule has 0 aliphatic rings. The molecular weight excluding hydrogens is 375 g/mol. The largest absolute Gasteiger partial charge is 0.436 e. The number of nitrogens with zero attached hydrogens (tertiary/aromatic N) is 2. The number of hydrogen-bond donors (Lipinski definition) is 1. The van der Waals surface area contributed by atoms with E-state index in [4.69, 9.17) is 0 Å². The molecular formula is C15H15BrF3N3O. The van der Waals surface area contributed by atoms with Crippen molar-refractivity contribution in [1.29, 1.82) is 0 Å². The Morgan fingerprint density at radius 3 is 2.43 bits per heavy atom. The quantitative estimate of drug-likeness (QED) is 0.855. The first-order valence-corrected chi connectivity index (χ1v) is 7.70. The molecule has 124 valence electrons. The Labute approximate surface area is 139 Å². The zero-order valence-electron chi connectivity index (χ0n) is 12.5. The van der Waals surface area contributed by atoms with Crippen LogP contribution in [0.4, 0.5) is 13.2 Å². The van der Waals surface area contributed by atoms with E-state index in [2.05, 4.69) is 26.3 Å². The minimum Gasteiger partial charge on any atom is -0.344 e. The van der Waals surface area contributed by atoms with E-state index in [1.807, 2.05) is 37.3 Å². The summed E-state index contributed by atoms with van der Waals surface area (Å²) in [6.07, 6.45) is -4.02. The number of alkyl halides is 3. The Bertz CT molecular complexity index is 698. The van der Waals surface area contributed by atoms with Crippen LogP contribution in [0.1, 0.15) is 41.1 Å². The van der Waals surface area contributed by atoms with E-state index < -0.39 is 17.8 Å². The molecule has 0 radical (unpaired) electrons. The number of halogens is 4. The van der Waals surface area contributed by atoms with Gasteiger partial charge in [0.2, 0.25) is 0 Å². The van der Waals surface area contributed by atoms with Crippen molar-refractivity contribution in [2.24, 2.45) is 7.05 Å². The van der Waals surface area contributed by atoms with Gasteiger partial charge in [0, 0.05) is 7.05 Å². The second kappa shape index (κ2) is 6.74. The molecule has 0 bridgehead atoms. The summed E-state index contributed by atoms with van der Waals surface area (Å²) in [5, 5.41) is 6.14. The highest BCUT2D eigenvalue weighted by Crippen LogP contribution is 2.35. The predicted molar refractivity (Wildman–Crippen MR) is 82.9 cm³/mol. The normalized spacial score (nSPS) is 13.0. The van der Waals surface area contributed by atoms with Crippen molar-refractivity contribution in [2.45, 2.75) is 25.6 Å². The lowest BCUT2D eigenvalue weighted by Gasteiger charge is -2.17. The average molecular weight is 390 g/mol. The SMILES string of the molecule is CCC(NC(=O)c1c(Br)c(C(F)(F)F)nn1C)c1ccccc1. The summed E-state index contributed by atoms with van der Waals surface area (Å²) < 4.78 is 39.2. The summed E-state index contributed by atoms with van der Waals surface area (Å²) >= 11 is 2.84. The Morgan fingerprint density at radius 1 is 1.35 bits per heavy atom. The molecule has 0 aliphatic carbocycles. The van der Waals surface area contributed by atoms with E-state index in [0.717, 1.165) is 10.2 Å². The maximum absolute atomic E-state index is 12.9. The Balaban J connectivity index is 2.29. The molecule has 1 aromatic heterocycles. The molecule has 8 heteroatoms. The summed E-state index contributed by atoms with van der Waals surface area (Å²) in [5.41, 5.74) is -0.387. The van der Waals surface area contributed by atoms with Crippen LogP contribution in [0.25, 0.3) is 0 Å². The molecule has 4 nitrogen and oxygen atoms in total. The van der Waals surface area contributed by atoms with Gasteiger partial charge in [-0.2, -0.15) is 18.3 Å². The van der Waals surface area contributed by atoms with Crippen LogP contribution in [-0.2, 0) is 13.2 Å². The molecule has 1 unspecified atom stereocenters. The second-order valence-electron chi connectivity index (χ2n) is 4.98. The fourth-order valence-electron chi connectivity index (χ4n) is 2.26. The number of carbonyl (C=O) groups is 1. The molecule has 0 saturated carbocycles. The summed E-state index contributed by atoms with van der Waals surface area (Å²) in [4.78, 5) is 12.4. The van der Waals surface area contributed by atoms with Crippen LogP contribution in [0.2, 0.25) is 0 Å². The van der Waals surface area contributed by atoms with Gasteiger partial charge in [0.05, 0.1) is 10.5 Å². The van der Waals surface area contributed by atoms with Crippen molar-refractivity contribution < 1.29 is 18.0 Å². The monoisotopic (exact) mass is 389 g/mol. The highest BCUT2D eigenvalue weighted by molar-refractivity contribution is 9.10. The average Bonchev–Trinajstić information content (AvgIpc) is 2.80. The first kappa shape index (κ1) is 17.5. The van der Waals surface area contributed by atoms with E-state index in [1.54, 1.807) is 0 Å². The van der Waals surface area contributed by atoms with E-state index in [-0.39, 0.29) is 16.2 Å². The van der Waals surface area contributed by atoms with Crippen LogP contribution in [0.5, 0.6) is 0 Å². The fraction of sp³-hybridized carbons (Fsp3) is 0.333. The number of amides is 1. The first-order chi connectivity index (χ1) is 10.8. The Kier molecular flexibility index (Phi) is 5.13. The first-order valence-electron chi connectivity index (χ1n) is 6.91. The van der Waals surface area contributed by atoms with Gasteiger partial charge in [0.25, 0.3) is 5.91 Å². The second-order valence-corrected chi connectivity index (χ2v) is 5.77. The molecule has 2 aromatic rings. The van der Waals surface area contributed by atoms with E-state index in [0.29, 0.717) is 6.42 Å². The van der Waals surface area contributed by atoms with Gasteiger partial charge in [0.1, 0.15) is 5.69 Å². The minimum atomic E-state index is -4.63. The third kappa shape index (κ3) is 3.74. The lowest BCUT2D eigenvalue weighted by molar-refractivity contribution is -0.142. The highest BCUT2D eigenvalue weighted by atomic mass is 79.9. The van der Waals surface area contributed by atoms with Crippen LogP contribution >= 0.6 is 15.9 Å². The molecule has 1 atom stereocenters. The minimum absolute atomic E-state index is 0.160. The number of aryl methyl sites for hydroxylation is 1. The zero-order valence-corrected chi connectivity index (χ0v) is 14.1. The molecule has 0 spiro atoms. The van der Waals surface area contributed by atoms with E-state index in [9.17, 15) is 18.0 Å². The van der Waals surface area contributed by atoms with Crippen molar-refractivity contribution in [1.82, 2.24) is 15.1 Å². The van der Waals surface area contributed by atoms with Gasteiger partial charge in [-0.3, -0.25) is 9.48 Å². The third-order valence-electron chi connectivity index (χ3n) is 3.39. The van der Waals surface area contributed by atoms with E-state index >= 15 is 0 Å². The number of hydrogen-bond acceptors (Lipinski definition) is 2. The number of nitrogens with one attached hydrogen (secondary N) is 1. The van der Waals surface area contributed by atoms with Crippen molar-refractivity contribution >= 4 is 21.8 Å². The van der Waals surface area contributed by atoms with Gasteiger partial charge in [-0.05, 0) is 27.9 Å². The lowest BCUT2D eigenvalue weighted by atomic mass is 10.0. The van der Waals surface area contributed by atoms with Crippen LogP contribution in [0, 0.1) is 0 Å². The summed E-state index contributed by atoms with van der Waals surface area (Å²) in [7, 11) is 1.30. The van der Waals surface area contributed by atoms with Gasteiger partial charge in [-0.15, -0.1) is 0 Å².